The molecule has 2 aliphatic carbocycles. The zero-order chi connectivity index (χ0) is 28.5. The van der Waals surface area contributed by atoms with E-state index in [0.717, 1.165) is 25.7 Å². The fourth-order valence-corrected chi connectivity index (χ4v) is 4.97. The third kappa shape index (κ3) is 6.90. The van der Waals surface area contributed by atoms with Crippen molar-refractivity contribution in [1.29, 1.82) is 0 Å². The van der Waals surface area contributed by atoms with Crippen LogP contribution in [0.2, 0.25) is 0 Å². The monoisotopic (exact) mass is 559 g/mol. The Morgan fingerprint density at radius 3 is 2.42 bits per heavy atom. The number of halogens is 3. The highest BCUT2D eigenvalue weighted by molar-refractivity contribution is 5.95. The molecular weight excluding hydrogens is 523 g/mol. The molecule has 11 heteroatoms. The molecule has 0 N–H and O–H groups in total. The molecule has 8 nitrogen and oxygen atoms in total. The van der Waals surface area contributed by atoms with Crippen molar-refractivity contribution >= 4 is 11.6 Å². The molecule has 0 atom stereocenters. The molecule has 2 heterocycles. The number of hydrogen-bond acceptors (Lipinski definition) is 7. The van der Waals surface area contributed by atoms with E-state index < -0.39 is 17.7 Å². The molecule has 3 aromatic rings. The van der Waals surface area contributed by atoms with Crippen LogP contribution < -0.4 is 4.90 Å². The number of amides is 1. The Hall–Kier alpha value is -3.24. The van der Waals surface area contributed by atoms with Gasteiger partial charge in [0.05, 0.1) is 0 Å². The van der Waals surface area contributed by atoms with Crippen LogP contribution >= 0.6 is 0 Å². The molecule has 0 spiro atoms. The van der Waals surface area contributed by atoms with E-state index in [1.807, 2.05) is 20.8 Å². The minimum atomic E-state index is -2.74. The summed E-state index contributed by atoms with van der Waals surface area (Å²) in [5, 5.41) is 8.06. The lowest BCUT2D eigenvalue weighted by molar-refractivity contribution is -0.126. The van der Waals surface area contributed by atoms with Gasteiger partial charge in [0.15, 0.2) is 11.6 Å². The molecule has 5 rings (SSSR count). The molecule has 2 fully saturated rings. The van der Waals surface area contributed by atoms with Crippen LogP contribution in [-0.4, -0.2) is 38.7 Å². The summed E-state index contributed by atoms with van der Waals surface area (Å²) in [5.41, 5.74) is 0.541. The topological polar surface area (TPSA) is 98.2 Å². The van der Waals surface area contributed by atoms with Gasteiger partial charge in [0.25, 0.3) is 5.89 Å². The summed E-state index contributed by atoms with van der Waals surface area (Å²) in [4.78, 5) is 24.0. The van der Waals surface area contributed by atoms with Crippen molar-refractivity contribution in [3.63, 3.8) is 0 Å². The van der Waals surface area contributed by atoms with E-state index >= 15 is 0 Å². The first-order chi connectivity index (χ1) is 19.0. The molecule has 2 aromatic heterocycles. The Morgan fingerprint density at radius 1 is 1.00 bits per heavy atom. The lowest BCUT2D eigenvalue weighted by atomic mass is 9.85. The Bertz CT molecular complexity index is 1320. The molecular formula is C29H36F3N5O3. The van der Waals surface area contributed by atoms with E-state index in [-0.39, 0.29) is 48.8 Å². The van der Waals surface area contributed by atoms with Crippen molar-refractivity contribution in [3.05, 3.63) is 41.6 Å². The first kappa shape index (κ1) is 28.3. The summed E-state index contributed by atoms with van der Waals surface area (Å²) in [6, 6.07) is 4.26. The molecule has 2 saturated carbocycles. The number of carbonyl (C=O) groups excluding carboxylic acids is 1. The normalized spacial score (nSPS) is 17.8. The average molecular weight is 560 g/mol. The minimum Gasteiger partial charge on any atom is -0.339 e. The van der Waals surface area contributed by atoms with E-state index in [2.05, 4.69) is 20.3 Å². The molecule has 1 amide bonds. The third-order valence-corrected chi connectivity index (χ3v) is 7.57. The molecule has 0 unspecified atom stereocenters. The maximum absolute atomic E-state index is 14.8. The van der Waals surface area contributed by atoms with Gasteiger partial charge < -0.3 is 13.9 Å². The van der Waals surface area contributed by atoms with Gasteiger partial charge in [0.2, 0.25) is 17.7 Å². The standard InChI is InChI=1S/C29H36F3N5O3/c1-28(2,3)27-33-23(39-36-27)7-5-4-6-14-37(26(38)19-10-12-29(31,32)13-11-19)22-16-20(15-21(30)17-22)25-34-24(35-40-25)18-8-9-18/h15-19H,4-14H2,1-3H3. The van der Waals surface area contributed by atoms with Crippen molar-refractivity contribution in [2.75, 3.05) is 11.4 Å². The second kappa shape index (κ2) is 11.3. The number of carbonyl (C=O) groups is 1. The van der Waals surface area contributed by atoms with Crippen LogP contribution in [0.5, 0.6) is 0 Å². The fraction of sp³-hybridized carbons (Fsp3) is 0.621. The van der Waals surface area contributed by atoms with Crippen LogP contribution in [0, 0.1) is 11.7 Å². The predicted molar refractivity (Wildman–Crippen MR) is 141 cm³/mol. The van der Waals surface area contributed by atoms with Crippen molar-refractivity contribution in [1.82, 2.24) is 20.3 Å². The zero-order valence-electron chi connectivity index (χ0n) is 23.3. The quantitative estimate of drug-likeness (QED) is 0.247. The fourth-order valence-electron chi connectivity index (χ4n) is 4.97. The molecule has 0 aliphatic heterocycles. The lowest BCUT2D eigenvalue weighted by Crippen LogP contribution is -2.40. The highest BCUT2D eigenvalue weighted by Crippen LogP contribution is 2.40. The van der Waals surface area contributed by atoms with Crippen LogP contribution in [0.15, 0.2) is 27.2 Å². The van der Waals surface area contributed by atoms with Crippen LogP contribution in [0.1, 0.15) is 102 Å². The summed E-state index contributed by atoms with van der Waals surface area (Å²) in [5.74, 6) is -1.78. The van der Waals surface area contributed by atoms with Crippen LogP contribution in [0.3, 0.4) is 0 Å². The number of aryl methyl sites for hydroxylation is 1. The van der Waals surface area contributed by atoms with Crippen LogP contribution in [0.25, 0.3) is 11.5 Å². The number of anilines is 1. The lowest BCUT2D eigenvalue weighted by Gasteiger charge is -2.32. The SMILES string of the molecule is CC(C)(C)c1noc(CCCCCN(C(=O)C2CCC(F)(F)CC2)c2cc(F)cc(-c3nc(C4CC4)no3)c2)n1. The minimum absolute atomic E-state index is 0.103. The maximum Gasteiger partial charge on any atom is 0.258 e. The smallest absolute Gasteiger partial charge is 0.258 e. The van der Waals surface area contributed by atoms with Crippen LogP contribution in [-0.2, 0) is 16.6 Å². The van der Waals surface area contributed by atoms with E-state index in [4.69, 9.17) is 9.05 Å². The largest absolute Gasteiger partial charge is 0.339 e. The van der Waals surface area contributed by atoms with Crippen LogP contribution in [0.4, 0.5) is 18.9 Å². The van der Waals surface area contributed by atoms with Gasteiger partial charge >= 0.3 is 0 Å². The number of nitrogens with zero attached hydrogens (tertiary/aromatic N) is 5. The number of hydrogen-bond donors (Lipinski definition) is 0. The first-order valence-electron chi connectivity index (χ1n) is 14.2. The second-order valence-electron chi connectivity index (χ2n) is 12.1. The summed E-state index contributed by atoms with van der Waals surface area (Å²) < 4.78 is 53.2. The van der Waals surface area contributed by atoms with Gasteiger partial charge in [-0.05, 0) is 56.7 Å². The van der Waals surface area contributed by atoms with E-state index in [9.17, 15) is 18.0 Å². The van der Waals surface area contributed by atoms with Gasteiger partial charge in [-0.3, -0.25) is 4.79 Å². The van der Waals surface area contributed by atoms with Crippen molar-refractivity contribution < 1.29 is 27.0 Å². The summed E-state index contributed by atoms with van der Waals surface area (Å²) in [7, 11) is 0. The van der Waals surface area contributed by atoms with Gasteiger partial charge in [-0.2, -0.15) is 9.97 Å². The summed E-state index contributed by atoms with van der Waals surface area (Å²) in [6.07, 6.45) is 4.34. The molecule has 40 heavy (non-hydrogen) atoms. The van der Waals surface area contributed by atoms with Gasteiger partial charge in [-0.15, -0.1) is 0 Å². The number of unbranched alkanes of at least 4 members (excludes halogenated alkanes) is 2. The Kier molecular flexibility index (Phi) is 8.01. The summed E-state index contributed by atoms with van der Waals surface area (Å²) in [6.45, 7) is 6.37. The van der Waals surface area contributed by atoms with Crippen molar-refractivity contribution in [2.24, 2.45) is 5.92 Å². The van der Waals surface area contributed by atoms with E-state index in [1.165, 1.54) is 17.0 Å². The molecule has 0 saturated heterocycles. The Morgan fingerprint density at radius 2 is 1.75 bits per heavy atom. The first-order valence-corrected chi connectivity index (χ1v) is 14.2. The van der Waals surface area contributed by atoms with Crippen molar-refractivity contribution in [3.8, 4) is 11.5 Å². The van der Waals surface area contributed by atoms with E-state index in [1.54, 1.807) is 6.07 Å². The number of rotatable bonds is 10. The second-order valence-corrected chi connectivity index (χ2v) is 12.1. The highest BCUT2D eigenvalue weighted by atomic mass is 19.3. The molecule has 216 valence electrons. The zero-order valence-corrected chi connectivity index (χ0v) is 23.3. The van der Waals surface area contributed by atoms with Gasteiger partial charge in [-0.25, -0.2) is 13.2 Å². The number of aromatic nitrogens is 4. The third-order valence-electron chi connectivity index (χ3n) is 7.57. The molecule has 0 radical (unpaired) electrons. The highest BCUT2D eigenvalue weighted by Gasteiger charge is 2.39. The number of benzene rings is 1. The van der Waals surface area contributed by atoms with Gasteiger partial charge in [0, 0.05) is 54.3 Å². The molecule has 0 bridgehead atoms. The predicted octanol–water partition coefficient (Wildman–Crippen LogP) is 7.01. The Balaban J connectivity index is 1.28. The summed E-state index contributed by atoms with van der Waals surface area (Å²) >= 11 is 0. The van der Waals surface area contributed by atoms with E-state index in [0.29, 0.717) is 48.2 Å². The van der Waals surface area contributed by atoms with Crippen molar-refractivity contribution in [2.45, 2.75) is 102 Å². The van der Waals surface area contributed by atoms with Gasteiger partial charge in [-0.1, -0.05) is 37.5 Å². The number of alkyl halides is 2. The maximum atomic E-state index is 14.8. The Labute approximate surface area is 231 Å². The average Bonchev–Trinajstić information content (AvgIpc) is 3.41. The molecule has 2 aliphatic rings. The van der Waals surface area contributed by atoms with Gasteiger partial charge in [0.1, 0.15) is 5.82 Å². The molecule has 1 aromatic carbocycles.